The Labute approximate surface area is 138 Å². The largest absolute Gasteiger partial charge is 0.488 e. The van der Waals surface area contributed by atoms with Gasteiger partial charge in [0.25, 0.3) is 0 Å². The molecule has 1 heterocycles. The number of nitrogens with two attached hydrogens (primary N) is 1. The summed E-state index contributed by atoms with van der Waals surface area (Å²) in [5.41, 5.74) is 8.48. The van der Waals surface area contributed by atoms with Gasteiger partial charge in [-0.2, -0.15) is 0 Å². The monoisotopic (exact) mass is 330 g/mol. The van der Waals surface area contributed by atoms with Crippen molar-refractivity contribution in [1.29, 1.82) is 0 Å². The number of hydrogen-bond acceptors (Lipinski definition) is 4. The smallest absolute Gasteiger partial charge is 0.129 e. The Balaban J connectivity index is 1.87. The normalized spacial score (nSPS) is 10.6. The van der Waals surface area contributed by atoms with Crippen molar-refractivity contribution in [1.82, 2.24) is 4.98 Å². The molecular weight excluding hydrogens is 316 g/mol. The molecule has 0 bridgehead atoms. The maximum absolute atomic E-state index is 6.12. The summed E-state index contributed by atoms with van der Waals surface area (Å²) in [5.74, 6) is 0.766. The van der Waals surface area contributed by atoms with Crippen LogP contribution in [0.1, 0.15) is 10.6 Å². The van der Waals surface area contributed by atoms with E-state index in [-0.39, 0.29) is 0 Å². The highest BCUT2D eigenvalue weighted by atomic mass is 35.5. The van der Waals surface area contributed by atoms with Gasteiger partial charge in [0.2, 0.25) is 0 Å². The quantitative estimate of drug-likeness (QED) is 0.749. The van der Waals surface area contributed by atoms with Gasteiger partial charge in [-0.05, 0) is 23.8 Å². The number of hydrogen-bond donors (Lipinski definition) is 1. The molecule has 0 spiro atoms. The van der Waals surface area contributed by atoms with Crippen molar-refractivity contribution < 1.29 is 4.74 Å². The van der Waals surface area contributed by atoms with Crippen molar-refractivity contribution in [3.8, 4) is 17.0 Å². The molecule has 3 nitrogen and oxygen atoms in total. The van der Waals surface area contributed by atoms with E-state index in [0.29, 0.717) is 18.2 Å². The molecule has 22 heavy (non-hydrogen) atoms. The van der Waals surface area contributed by atoms with Crippen LogP contribution in [-0.2, 0) is 13.2 Å². The van der Waals surface area contributed by atoms with Gasteiger partial charge >= 0.3 is 0 Å². The predicted octanol–water partition coefficient (Wildman–Crippen LogP) is 4.50. The van der Waals surface area contributed by atoms with Crippen LogP contribution in [0.5, 0.6) is 5.75 Å². The zero-order valence-corrected chi connectivity index (χ0v) is 13.4. The Morgan fingerprint density at radius 2 is 1.95 bits per heavy atom. The maximum Gasteiger partial charge on any atom is 0.129 e. The highest BCUT2D eigenvalue weighted by molar-refractivity contribution is 7.09. The highest BCUT2D eigenvalue weighted by Gasteiger charge is 2.11. The summed E-state index contributed by atoms with van der Waals surface area (Å²) >= 11 is 7.66. The number of benzene rings is 2. The number of nitrogens with zero attached hydrogens (tertiary/aromatic N) is 1. The van der Waals surface area contributed by atoms with Crippen LogP contribution in [0.2, 0.25) is 5.02 Å². The molecule has 0 saturated carbocycles. The molecule has 0 aliphatic heterocycles. The molecule has 112 valence electrons. The molecule has 2 aromatic carbocycles. The fourth-order valence-electron chi connectivity index (χ4n) is 2.09. The molecular formula is C17H15ClN2OS. The van der Waals surface area contributed by atoms with Crippen LogP contribution in [0.4, 0.5) is 0 Å². The minimum absolute atomic E-state index is 0.436. The van der Waals surface area contributed by atoms with E-state index in [1.807, 2.05) is 53.9 Å². The van der Waals surface area contributed by atoms with Crippen LogP contribution in [-0.4, -0.2) is 4.98 Å². The van der Waals surface area contributed by atoms with E-state index in [0.717, 1.165) is 27.6 Å². The van der Waals surface area contributed by atoms with Crippen molar-refractivity contribution in [2.75, 3.05) is 0 Å². The lowest BCUT2D eigenvalue weighted by molar-refractivity contribution is 0.307. The van der Waals surface area contributed by atoms with Gasteiger partial charge in [0.15, 0.2) is 0 Å². The summed E-state index contributed by atoms with van der Waals surface area (Å²) in [5, 5.41) is 3.52. The second-order valence-corrected chi connectivity index (χ2v) is 6.12. The third kappa shape index (κ3) is 3.47. The summed E-state index contributed by atoms with van der Waals surface area (Å²) in [6, 6.07) is 15.6. The SMILES string of the molecule is NCc1nc(-c2cc(Cl)ccc2OCc2ccccc2)cs1. The Kier molecular flexibility index (Phi) is 4.73. The molecule has 3 rings (SSSR count). The number of aromatic nitrogens is 1. The van der Waals surface area contributed by atoms with Crippen LogP contribution in [0.3, 0.4) is 0 Å². The molecule has 0 aliphatic carbocycles. The molecule has 0 unspecified atom stereocenters. The summed E-state index contributed by atoms with van der Waals surface area (Å²) < 4.78 is 5.95. The molecule has 2 N–H and O–H groups in total. The summed E-state index contributed by atoms with van der Waals surface area (Å²) in [4.78, 5) is 4.51. The first kappa shape index (κ1) is 15.0. The van der Waals surface area contributed by atoms with Gasteiger partial charge in [-0.1, -0.05) is 41.9 Å². The number of ether oxygens (including phenoxy) is 1. The van der Waals surface area contributed by atoms with Gasteiger partial charge in [-0.25, -0.2) is 4.98 Å². The fraction of sp³-hybridized carbons (Fsp3) is 0.118. The molecule has 0 saturated heterocycles. The standard InChI is InChI=1S/C17H15ClN2OS/c18-13-6-7-16(21-10-12-4-2-1-3-5-12)14(8-13)15-11-22-17(9-19)20-15/h1-8,11H,9-10,19H2. The van der Waals surface area contributed by atoms with Crippen LogP contribution in [0.25, 0.3) is 11.3 Å². The Morgan fingerprint density at radius 1 is 1.14 bits per heavy atom. The van der Waals surface area contributed by atoms with Crippen molar-refractivity contribution >= 4 is 22.9 Å². The van der Waals surface area contributed by atoms with Crippen LogP contribution >= 0.6 is 22.9 Å². The second-order valence-electron chi connectivity index (χ2n) is 4.75. The van der Waals surface area contributed by atoms with Gasteiger partial charge in [0.1, 0.15) is 17.4 Å². The number of rotatable bonds is 5. The lowest BCUT2D eigenvalue weighted by Gasteiger charge is -2.11. The summed E-state index contributed by atoms with van der Waals surface area (Å²) in [6.07, 6.45) is 0. The average Bonchev–Trinajstić information content (AvgIpc) is 3.03. The zero-order valence-electron chi connectivity index (χ0n) is 11.8. The number of halogens is 1. The van der Waals surface area contributed by atoms with Crippen molar-refractivity contribution in [3.63, 3.8) is 0 Å². The van der Waals surface area contributed by atoms with E-state index in [2.05, 4.69) is 4.98 Å². The Morgan fingerprint density at radius 3 is 2.68 bits per heavy atom. The minimum atomic E-state index is 0.436. The molecule has 0 amide bonds. The van der Waals surface area contributed by atoms with E-state index in [1.54, 1.807) is 0 Å². The topological polar surface area (TPSA) is 48.1 Å². The van der Waals surface area contributed by atoms with Crippen molar-refractivity contribution in [2.24, 2.45) is 5.73 Å². The van der Waals surface area contributed by atoms with Gasteiger partial charge in [0.05, 0.1) is 5.69 Å². The highest BCUT2D eigenvalue weighted by Crippen LogP contribution is 2.33. The van der Waals surface area contributed by atoms with E-state index in [9.17, 15) is 0 Å². The van der Waals surface area contributed by atoms with Gasteiger partial charge < -0.3 is 10.5 Å². The van der Waals surface area contributed by atoms with Crippen LogP contribution in [0, 0.1) is 0 Å². The first-order chi connectivity index (χ1) is 10.8. The molecule has 5 heteroatoms. The first-order valence-corrected chi connectivity index (χ1v) is 8.13. The summed E-state index contributed by atoms with van der Waals surface area (Å²) in [6.45, 7) is 0.939. The molecule has 1 aromatic heterocycles. The van der Waals surface area contributed by atoms with Gasteiger partial charge in [-0.15, -0.1) is 11.3 Å². The third-order valence-corrected chi connectivity index (χ3v) is 4.29. The predicted molar refractivity (Wildman–Crippen MR) is 91.2 cm³/mol. The molecule has 0 atom stereocenters. The van der Waals surface area contributed by atoms with Gasteiger partial charge in [0, 0.05) is 22.5 Å². The molecule has 3 aromatic rings. The average molecular weight is 331 g/mol. The van der Waals surface area contributed by atoms with Crippen molar-refractivity contribution in [2.45, 2.75) is 13.2 Å². The van der Waals surface area contributed by atoms with E-state index >= 15 is 0 Å². The molecule has 0 radical (unpaired) electrons. The molecule has 0 aliphatic rings. The summed E-state index contributed by atoms with van der Waals surface area (Å²) in [7, 11) is 0. The van der Waals surface area contributed by atoms with E-state index in [1.165, 1.54) is 11.3 Å². The van der Waals surface area contributed by atoms with E-state index < -0.39 is 0 Å². The first-order valence-electron chi connectivity index (χ1n) is 6.87. The lowest BCUT2D eigenvalue weighted by Crippen LogP contribution is -1.98. The lowest BCUT2D eigenvalue weighted by atomic mass is 10.1. The zero-order chi connectivity index (χ0) is 15.4. The second kappa shape index (κ2) is 6.92. The minimum Gasteiger partial charge on any atom is -0.488 e. The Bertz CT molecular complexity index is 758. The third-order valence-electron chi connectivity index (χ3n) is 3.18. The fourth-order valence-corrected chi connectivity index (χ4v) is 2.94. The van der Waals surface area contributed by atoms with Gasteiger partial charge in [-0.3, -0.25) is 0 Å². The van der Waals surface area contributed by atoms with Crippen molar-refractivity contribution in [3.05, 3.63) is 69.5 Å². The number of thiazole rings is 1. The molecule has 0 fully saturated rings. The van der Waals surface area contributed by atoms with Crippen LogP contribution in [0.15, 0.2) is 53.9 Å². The Hall–Kier alpha value is -1.88. The maximum atomic E-state index is 6.12. The van der Waals surface area contributed by atoms with E-state index in [4.69, 9.17) is 22.1 Å². The van der Waals surface area contributed by atoms with Crippen LogP contribution < -0.4 is 10.5 Å².